The minimum Gasteiger partial charge on any atom is -0.379 e. The molecule has 0 unspecified atom stereocenters. The van der Waals surface area contributed by atoms with Gasteiger partial charge in [0.25, 0.3) is 0 Å². The van der Waals surface area contributed by atoms with Crippen LogP contribution in [0.25, 0.3) is 11.0 Å². The van der Waals surface area contributed by atoms with E-state index in [2.05, 4.69) is 30.4 Å². The van der Waals surface area contributed by atoms with Gasteiger partial charge < -0.3 is 15.8 Å². The Balaban J connectivity index is 1.53. The number of morpholine rings is 1. The molecule has 20 heavy (non-hydrogen) atoms. The number of hydrogen-bond donors (Lipinski definition) is 3. The highest BCUT2D eigenvalue weighted by molar-refractivity contribution is 5.86. The van der Waals surface area contributed by atoms with Gasteiger partial charge >= 0.3 is 0 Å². The molecular weight excluding hydrogens is 258 g/mol. The van der Waals surface area contributed by atoms with E-state index in [0.29, 0.717) is 5.65 Å². The van der Waals surface area contributed by atoms with E-state index < -0.39 is 0 Å². The van der Waals surface area contributed by atoms with Crippen molar-refractivity contribution in [3.63, 3.8) is 0 Å². The van der Waals surface area contributed by atoms with Gasteiger partial charge in [0.15, 0.2) is 5.65 Å². The second kappa shape index (κ2) is 6.02. The quantitative estimate of drug-likeness (QED) is 0.664. The van der Waals surface area contributed by atoms with Crippen molar-refractivity contribution >= 4 is 22.8 Å². The molecule has 1 fully saturated rings. The lowest BCUT2D eigenvalue weighted by atomic mass is 10.3. The van der Waals surface area contributed by atoms with Crippen LogP contribution >= 0.6 is 0 Å². The first kappa shape index (κ1) is 13.1. The molecule has 1 aliphatic heterocycles. The fraction of sp³-hybridized carbons (Fsp3) is 0.583. The van der Waals surface area contributed by atoms with Crippen molar-refractivity contribution in [1.82, 2.24) is 25.1 Å². The summed E-state index contributed by atoms with van der Waals surface area (Å²) in [6.45, 7) is 5.62. The van der Waals surface area contributed by atoms with Crippen molar-refractivity contribution in [3.8, 4) is 0 Å². The molecule has 8 heteroatoms. The zero-order chi connectivity index (χ0) is 13.8. The minimum atomic E-state index is 0.248. The van der Waals surface area contributed by atoms with Crippen molar-refractivity contribution in [2.24, 2.45) is 0 Å². The van der Waals surface area contributed by atoms with Gasteiger partial charge in [0.05, 0.1) is 24.8 Å². The molecule has 8 nitrogen and oxygen atoms in total. The molecule has 4 N–H and O–H groups in total. The van der Waals surface area contributed by atoms with E-state index in [1.54, 1.807) is 6.20 Å². The average molecular weight is 277 g/mol. The zero-order valence-electron chi connectivity index (χ0n) is 11.3. The normalized spacial score (nSPS) is 16.6. The van der Waals surface area contributed by atoms with Crippen LogP contribution in [-0.4, -0.2) is 64.5 Å². The average Bonchev–Trinajstić information content (AvgIpc) is 2.92. The van der Waals surface area contributed by atoms with Crippen molar-refractivity contribution in [2.75, 3.05) is 50.4 Å². The first-order chi connectivity index (χ1) is 9.83. The number of aromatic nitrogens is 4. The van der Waals surface area contributed by atoms with E-state index in [4.69, 9.17) is 10.5 Å². The molecule has 0 aromatic carbocycles. The first-order valence-electron chi connectivity index (χ1n) is 6.83. The van der Waals surface area contributed by atoms with Gasteiger partial charge in [0.2, 0.25) is 5.95 Å². The second-order valence-corrected chi connectivity index (χ2v) is 4.80. The Labute approximate surface area is 116 Å². The van der Waals surface area contributed by atoms with E-state index >= 15 is 0 Å². The van der Waals surface area contributed by atoms with Gasteiger partial charge in [0, 0.05) is 19.6 Å². The highest BCUT2D eigenvalue weighted by Gasteiger charge is 2.10. The van der Waals surface area contributed by atoms with E-state index in [0.717, 1.165) is 57.0 Å². The molecule has 0 spiro atoms. The number of hydrogen-bond acceptors (Lipinski definition) is 7. The third-order valence-electron chi connectivity index (χ3n) is 3.37. The summed E-state index contributed by atoms with van der Waals surface area (Å²) in [5, 5.41) is 10.9. The molecule has 3 rings (SSSR count). The van der Waals surface area contributed by atoms with Crippen LogP contribution in [0.2, 0.25) is 0 Å². The summed E-state index contributed by atoms with van der Waals surface area (Å²) in [5.74, 6) is 0.987. The Morgan fingerprint density at radius 2 is 2.20 bits per heavy atom. The van der Waals surface area contributed by atoms with Gasteiger partial charge in [-0.05, 0) is 13.0 Å². The maximum absolute atomic E-state index is 5.67. The van der Waals surface area contributed by atoms with E-state index in [-0.39, 0.29) is 5.95 Å². The molecule has 2 aromatic rings. The molecule has 0 amide bonds. The fourth-order valence-corrected chi connectivity index (χ4v) is 2.32. The Morgan fingerprint density at radius 1 is 1.35 bits per heavy atom. The monoisotopic (exact) mass is 277 g/mol. The maximum atomic E-state index is 5.67. The van der Waals surface area contributed by atoms with Crippen LogP contribution in [0.15, 0.2) is 6.20 Å². The van der Waals surface area contributed by atoms with Crippen LogP contribution in [0.4, 0.5) is 11.8 Å². The number of nitrogens with two attached hydrogens (primary N) is 1. The van der Waals surface area contributed by atoms with E-state index in [9.17, 15) is 0 Å². The van der Waals surface area contributed by atoms with Crippen LogP contribution in [-0.2, 0) is 4.74 Å². The number of ether oxygens (including phenoxy) is 1. The number of aromatic amines is 1. The summed E-state index contributed by atoms with van der Waals surface area (Å²) < 4.78 is 5.33. The number of nitrogens with one attached hydrogen (secondary N) is 2. The number of rotatable bonds is 5. The number of anilines is 2. The summed E-state index contributed by atoms with van der Waals surface area (Å²) >= 11 is 0. The van der Waals surface area contributed by atoms with Gasteiger partial charge in [0.1, 0.15) is 5.82 Å². The third-order valence-corrected chi connectivity index (χ3v) is 3.37. The largest absolute Gasteiger partial charge is 0.379 e. The molecule has 1 saturated heterocycles. The predicted molar refractivity (Wildman–Crippen MR) is 76.5 cm³/mol. The Morgan fingerprint density at radius 3 is 3.05 bits per heavy atom. The van der Waals surface area contributed by atoms with Crippen molar-refractivity contribution in [3.05, 3.63) is 6.20 Å². The summed E-state index contributed by atoms with van der Waals surface area (Å²) in [4.78, 5) is 10.7. The summed E-state index contributed by atoms with van der Waals surface area (Å²) in [5.41, 5.74) is 6.33. The van der Waals surface area contributed by atoms with Crippen molar-refractivity contribution < 1.29 is 4.74 Å². The van der Waals surface area contributed by atoms with Crippen molar-refractivity contribution in [1.29, 1.82) is 0 Å². The lowest BCUT2D eigenvalue weighted by Crippen LogP contribution is -2.37. The standard InChI is InChI=1S/C12H19N7O/c13-12-16-10(9-8-15-18-11(9)17-12)14-2-1-3-19-4-6-20-7-5-19/h8H,1-7H2,(H4,13,14,15,16,17,18). The van der Waals surface area contributed by atoms with Gasteiger partial charge in [-0.15, -0.1) is 0 Å². The van der Waals surface area contributed by atoms with Gasteiger partial charge in [-0.1, -0.05) is 0 Å². The molecule has 0 bridgehead atoms. The Kier molecular flexibility index (Phi) is 3.93. The summed E-state index contributed by atoms with van der Waals surface area (Å²) in [7, 11) is 0. The maximum Gasteiger partial charge on any atom is 0.224 e. The van der Waals surface area contributed by atoms with Crippen LogP contribution in [0.3, 0.4) is 0 Å². The predicted octanol–water partition coefficient (Wildman–Crippen LogP) is 0.0693. The molecular formula is C12H19N7O. The van der Waals surface area contributed by atoms with Crippen LogP contribution in [0.1, 0.15) is 6.42 Å². The molecule has 1 aliphatic rings. The first-order valence-corrected chi connectivity index (χ1v) is 6.83. The number of H-pyrrole nitrogens is 1. The van der Waals surface area contributed by atoms with Crippen LogP contribution in [0.5, 0.6) is 0 Å². The highest BCUT2D eigenvalue weighted by Crippen LogP contribution is 2.18. The second-order valence-electron chi connectivity index (χ2n) is 4.80. The summed E-state index contributed by atoms with van der Waals surface area (Å²) in [6.07, 6.45) is 2.75. The van der Waals surface area contributed by atoms with Gasteiger partial charge in [-0.25, -0.2) is 0 Å². The Hall–Kier alpha value is -1.93. The lowest BCUT2D eigenvalue weighted by molar-refractivity contribution is 0.0378. The van der Waals surface area contributed by atoms with E-state index in [1.165, 1.54) is 0 Å². The van der Waals surface area contributed by atoms with Gasteiger partial charge in [-0.3, -0.25) is 10.00 Å². The number of nitrogen functional groups attached to an aromatic ring is 1. The molecule has 108 valence electrons. The van der Waals surface area contributed by atoms with Crippen LogP contribution < -0.4 is 11.1 Å². The van der Waals surface area contributed by atoms with Crippen molar-refractivity contribution in [2.45, 2.75) is 6.42 Å². The molecule has 0 atom stereocenters. The molecule has 3 heterocycles. The molecule has 0 saturated carbocycles. The zero-order valence-corrected chi connectivity index (χ0v) is 11.3. The topological polar surface area (TPSA) is 105 Å². The smallest absolute Gasteiger partial charge is 0.224 e. The van der Waals surface area contributed by atoms with Gasteiger partial charge in [-0.2, -0.15) is 15.1 Å². The number of nitrogens with zero attached hydrogens (tertiary/aromatic N) is 4. The number of fused-ring (bicyclic) bond motifs is 1. The summed E-state index contributed by atoms with van der Waals surface area (Å²) in [6, 6.07) is 0. The lowest BCUT2D eigenvalue weighted by Gasteiger charge is -2.26. The highest BCUT2D eigenvalue weighted by atomic mass is 16.5. The molecule has 0 radical (unpaired) electrons. The molecule has 0 aliphatic carbocycles. The minimum absolute atomic E-state index is 0.248. The Bertz CT molecular complexity index is 564. The SMILES string of the molecule is Nc1nc(NCCCN2CCOCC2)c2cn[nH]c2n1. The third kappa shape index (κ3) is 2.97. The van der Waals surface area contributed by atoms with Crippen LogP contribution in [0, 0.1) is 0 Å². The molecule has 2 aromatic heterocycles. The fourth-order valence-electron chi connectivity index (χ4n) is 2.32. The van der Waals surface area contributed by atoms with E-state index in [1.807, 2.05) is 0 Å².